The smallest absolute Gasteiger partial charge is 0.243 e. The summed E-state index contributed by atoms with van der Waals surface area (Å²) in [7, 11) is 0. The summed E-state index contributed by atoms with van der Waals surface area (Å²) in [6, 6.07) is 10.4. The van der Waals surface area contributed by atoms with Crippen molar-refractivity contribution < 1.29 is 18.3 Å². The maximum Gasteiger partial charge on any atom is 0.243 e. The Morgan fingerprint density at radius 3 is 2.64 bits per heavy atom. The number of para-hydroxylation sites is 2. The molecule has 116 valence electrons. The summed E-state index contributed by atoms with van der Waals surface area (Å²) in [5, 5.41) is 5.42. The van der Waals surface area contributed by atoms with E-state index in [1.165, 1.54) is 6.07 Å². The van der Waals surface area contributed by atoms with Gasteiger partial charge in [0.2, 0.25) is 5.91 Å². The van der Waals surface area contributed by atoms with Gasteiger partial charge in [0.25, 0.3) is 0 Å². The van der Waals surface area contributed by atoms with Gasteiger partial charge in [0.1, 0.15) is 5.75 Å². The van der Waals surface area contributed by atoms with Crippen LogP contribution in [0, 0.1) is 11.6 Å². The van der Waals surface area contributed by atoms with E-state index in [0.29, 0.717) is 18.0 Å². The monoisotopic (exact) mass is 306 g/mol. The number of anilines is 2. The number of carbonyl (C=O) groups is 1. The van der Waals surface area contributed by atoms with Crippen molar-refractivity contribution in [1.82, 2.24) is 0 Å². The fourth-order valence-electron chi connectivity index (χ4n) is 1.85. The highest BCUT2D eigenvalue weighted by atomic mass is 19.2. The van der Waals surface area contributed by atoms with Crippen molar-refractivity contribution in [2.75, 3.05) is 23.8 Å². The molecule has 1 amide bonds. The van der Waals surface area contributed by atoms with Crippen LogP contribution in [0.25, 0.3) is 0 Å². The van der Waals surface area contributed by atoms with E-state index in [9.17, 15) is 13.6 Å². The fourth-order valence-corrected chi connectivity index (χ4v) is 1.85. The van der Waals surface area contributed by atoms with Crippen LogP contribution in [-0.4, -0.2) is 19.1 Å². The Kier molecular flexibility index (Phi) is 5.30. The Morgan fingerprint density at radius 1 is 1.14 bits per heavy atom. The van der Waals surface area contributed by atoms with E-state index in [1.807, 2.05) is 19.1 Å². The molecule has 0 aliphatic heterocycles. The van der Waals surface area contributed by atoms with Gasteiger partial charge >= 0.3 is 0 Å². The van der Waals surface area contributed by atoms with Crippen molar-refractivity contribution in [3.05, 3.63) is 54.1 Å². The van der Waals surface area contributed by atoms with E-state index in [4.69, 9.17) is 4.74 Å². The van der Waals surface area contributed by atoms with E-state index in [2.05, 4.69) is 10.6 Å². The highest BCUT2D eigenvalue weighted by molar-refractivity contribution is 5.93. The Labute approximate surface area is 127 Å². The molecule has 22 heavy (non-hydrogen) atoms. The third kappa shape index (κ3) is 4.18. The van der Waals surface area contributed by atoms with Gasteiger partial charge in [0.15, 0.2) is 11.6 Å². The molecule has 0 aliphatic rings. The molecule has 2 N–H and O–H groups in total. The lowest BCUT2D eigenvalue weighted by atomic mass is 10.3. The average Bonchev–Trinajstić information content (AvgIpc) is 2.50. The number of hydrogen-bond donors (Lipinski definition) is 2. The molecular weight excluding hydrogens is 290 g/mol. The maximum atomic E-state index is 13.1. The second-order valence-electron chi connectivity index (χ2n) is 4.46. The van der Waals surface area contributed by atoms with E-state index < -0.39 is 11.6 Å². The van der Waals surface area contributed by atoms with E-state index in [0.717, 1.165) is 12.1 Å². The first-order valence-electron chi connectivity index (χ1n) is 6.80. The van der Waals surface area contributed by atoms with Crippen LogP contribution in [0.3, 0.4) is 0 Å². The lowest BCUT2D eigenvalue weighted by molar-refractivity contribution is -0.114. The van der Waals surface area contributed by atoms with E-state index in [-0.39, 0.29) is 18.1 Å². The van der Waals surface area contributed by atoms with Crippen molar-refractivity contribution in [3.8, 4) is 5.75 Å². The van der Waals surface area contributed by atoms with Gasteiger partial charge in [-0.2, -0.15) is 0 Å². The van der Waals surface area contributed by atoms with Crippen LogP contribution in [0.4, 0.5) is 20.2 Å². The Bertz CT molecular complexity index is 662. The minimum atomic E-state index is -1.01. The summed E-state index contributed by atoms with van der Waals surface area (Å²) in [6.45, 7) is 2.36. The van der Waals surface area contributed by atoms with Gasteiger partial charge in [-0.15, -0.1) is 0 Å². The summed E-state index contributed by atoms with van der Waals surface area (Å²) >= 11 is 0. The molecule has 2 rings (SSSR count). The number of amides is 1. The van der Waals surface area contributed by atoms with Crippen LogP contribution in [0.2, 0.25) is 0 Å². The highest BCUT2D eigenvalue weighted by Crippen LogP contribution is 2.23. The molecule has 0 aromatic heterocycles. The second-order valence-corrected chi connectivity index (χ2v) is 4.46. The third-order valence-corrected chi connectivity index (χ3v) is 2.83. The number of rotatable bonds is 6. The number of ether oxygens (including phenoxy) is 1. The minimum absolute atomic E-state index is 0.0247. The van der Waals surface area contributed by atoms with Crippen LogP contribution in [0.1, 0.15) is 6.92 Å². The number of benzene rings is 2. The number of carbonyl (C=O) groups excluding carboxylic acids is 1. The summed E-state index contributed by atoms with van der Waals surface area (Å²) in [4.78, 5) is 11.8. The SMILES string of the molecule is CCOc1ccccc1NCC(=O)Nc1ccc(F)c(F)c1. The molecule has 0 bridgehead atoms. The van der Waals surface area contributed by atoms with Gasteiger partial charge in [0, 0.05) is 11.8 Å². The van der Waals surface area contributed by atoms with Gasteiger partial charge in [-0.1, -0.05) is 12.1 Å². The van der Waals surface area contributed by atoms with Crippen molar-refractivity contribution in [2.45, 2.75) is 6.92 Å². The molecule has 0 fully saturated rings. The maximum absolute atomic E-state index is 13.1. The molecule has 0 radical (unpaired) electrons. The molecule has 0 spiro atoms. The Hall–Kier alpha value is -2.63. The third-order valence-electron chi connectivity index (χ3n) is 2.83. The summed E-state index contributed by atoms with van der Waals surface area (Å²) in [5.74, 6) is -1.70. The summed E-state index contributed by atoms with van der Waals surface area (Å²) in [5.41, 5.74) is 0.883. The van der Waals surface area contributed by atoms with Gasteiger partial charge < -0.3 is 15.4 Å². The van der Waals surface area contributed by atoms with Crippen LogP contribution in [0.5, 0.6) is 5.75 Å². The van der Waals surface area contributed by atoms with Crippen LogP contribution in [-0.2, 0) is 4.79 Å². The molecule has 0 atom stereocenters. The molecule has 6 heteroatoms. The molecule has 0 saturated heterocycles. The number of nitrogens with one attached hydrogen (secondary N) is 2. The summed E-state index contributed by atoms with van der Waals surface area (Å²) in [6.07, 6.45) is 0. The van der Waals surface area contributed by atoms with E-state index in [1.54, 1.807) is 12.1 Å². The lowest BCUT2D eigenvalue weighted by Gasteiger charge is -2.12. The largest absolute Gasteiger partial charge is 0.492 e. The quantitative estimate of drug-likeness (QED) is 0.860. The Morgan fingerprint density at radius 2 is 1.91 bits per heavy atom. The minimum Gasteiger partial charge on any atom is -0.492 e. The van der Waals surface area contributed by atoms with Crippen molar-refractivity contribution >= 4 is 17.3 Å². The van der Waals surface area contributed by atoms with Crippen molar-refractivity contribution in [2.24, 2.45) is 0 Å². The standard InChI is InChI=1S/C16H16F2N2O2/c1-2-22-15-6-4-3-5-14(15)19-10-16(21)20-11-7-8-12(17)13(18)9-11/h3-9,19H,2,10H2,1H3,(H,20,21). The molecule has 0 unspecified atom stereocenters. The zero-order valence-corrected chi connectivity index (χ0v) is 12.0. The molecular formula is C16H16F2N2O2. The first-order chi connectivity index (χ1) is 10.6. The fraction of sp³-hybridized carbons (Fsp3) is 0.188. The molecule has 0 aliphatic carbocycles. The molecule has 2 aromatic carbocycles. The predicted molar refractivity (Wildman–Crippen MR) is 81.1 cm³/mol. The van der Waals surface area contributed by atoms with Crippen molar-refractivity contribution in [3.63, 3.8) is 0 Å². The zero-order chi connectivity index (χ0) is 15.9. The summed E-state index contributed by atoms with van der Waals surface area (Å²) < 4.78 is 31.3. The Balaban J connectivity index is 1.94. The van der Waals surface area contributed by atoms with Crippen LogP contribution >= 0.6 is 0 Å². The first kappa shape index (κ1) is 15.8. The average molecular weight is 306 g/mol. The lowest BCUT2D eigenvalue weighted by Crippen LogP contribution is -2.22. The van der Waals surface area contributed by atoms with Gasteiger partial charge in [-0.3, -0.25) is 4.79 Å². The molecule has 0 saturated carbocycles. The van der Waals surface area contributed by atoms with Crippen LogP contribution in [0.15, 0.2) is 42.5 Å². The predicted octanol–water partition coefficient (Wildman–Crippen LogP) is 3.41. The number of hydrogen-bond acceptors (Lipinski definition) is 3. The van der Waals surface area contributed by atoms with E-state index >= 15 is 0 Å². The first-order valence-corrected chi connectivity index (χ1v) is 6.80. The number of halogens is 2. The normalized spacial score (nSPS) is 10.1. The zero-order valence-electron chi connectivity index (χ0n) is 12.0. The van der Waals surface area contributed by atoms with Gasteiger partial charge in [-0.25, -0.2) is 8.78 Å². The van der Waals surface area contributed by atoms with Gasteiger partial charge in [-0.05, 0) is 31.2 Å². The molecule has 0 heterocycles. The molecule has 4 nitrogen and oxygen atoms in total. The molecule has 2 aromatic rings. The van der Waals surface area contributed by atoms with Crippen molar-refractivity contribution in [1.29, 1.82) is 0 Å². The van der Waals surface area contributed by atoms with Crippen LogP contribution < -0.4 is 15.4 Å². The second kappa shape index (κ2) is 7.40. The van der Waals surface area contributed by atoms with Gasteiger partial charge in [0.05, 0.1) is 18.8 Å². The topological polar surface area (TPSA) is 50.4 Å². The highest BCUT2D eigenvalue weighted by Gasteiger charge is 2.08.